The van der Waals surface area contributed by atoms with E-state index >= 15 is 0 Å². The van der Waals surface area contributed by atoms with Gasteiger partial charge in [-0.1, -0.05) is 6.42 Å². The lowest BCUT2D eigenvalue weighted by atomic mass is 10.0. The maximum atomic E-state index is 11.7. The molecule has 2 rings (SSSR count). The van der Waals surface area contributed by atoms with Crippen molar-refractivity contribution in [2.75, 3.05) is 32.7 Å². The summed E-state index contributed by atoms with van der Waals surface area (Å²) in [6.07, 6.45) is 7.36. The maximum absolute atomic E-state index is 11.7. The number of likely N-dealkylation sites (tertiary alicyclic amines) is 1. The molecular weight excluding hydrogens is 417 g/mol. The van der Waals surface area contributed by atoms with Crippen molar-refractivity contribution in [1.29, 1.82) is 0 Å². The van der Waals surface area contributed by atoms with Crippen LogP contribution in [0.5, 0.6) is 0 Å². The summed E-state index contributed by atoms with van der Waals surface area (Å²) in [5, 5.41) is 9.49. The van der Waals surface area contributed by atoms with Crippen LogP contribution in [0.15, 0.2) is 4.99 Å². The molecule has 24 heavy (non-hydrogen) atoms. The van der Waals surface area contributed by atoms with Gasteiger partial charge in [-0.15, -0.1) is 24.0 Å². The van der Waals surface area contributed by atoms with Crippen molar-refractivity contribution >= 4 is 35.8 Å². The van der Waals surface area contributed by atoms with Crippen molar-refractivity contribution in [2.45, 2.75) is 64.5 Å². The van der Waals surface area contributed by atoms with Crippen molar-refractivity contribution in [3.63, 3.8) is 0 Å². The van der Waals surface area contributed by atoms with Gasteiger partial charge in [0.2, 0.25) is 5.91 Å². The molecule has 140 valence electrons. The van der Waals surface area contributed by atoms with Gasteiger partial charge in [-0.2, -0.15) is 0 Å². The van der Waals surface area contributed by atoms with Crippen molar-refractivity contribution in [2.24, 2.45) is 4.99 Å². The Bertz CT molecular complexity index is 400. The Morgan fingerprint density at radius 2 is 2.00 bits per heavy atom. The Labute approximate surface area is 163 Å². The van der Waals surface area contributed by atoms with E-state index in [2.05, 4.69) is 32.8 Å². The molecule has 1 unspecified atom stereocenters. The number of nitrogens with one attached hydrogen (secondary N) is 3. The average Bonchev–Trinajstić information content (AvgIpc) is 3.34. The number of rotatable bonds is 8. The normalized spacial score (nSPS) is 21.8. The van der Waals surface area contributed by atoms with E-state index in [0.29, 0.717) is 6.04 Å². The van der Waals surface area contributed by atoms with Gasteiger partial charge in [-0.05, 0) is 52.5 Å². The van der Waals surface area contributed by atoms with E-state index < -0.39 is 0 Å². The minimum absolute atomic E-state index is 0. The van der Waals surface area contributed by atoms with Crippen LogP contribution in [0.1, 0.15) is 52.4 Å². The first-order valence-electron chi connectivity index (χ1n) is 9.24. The number of hydrogen-bond acceptors (Lipinski definition) is 3. The lowest BCUT2D eigenvalue weighted by Crippen LogP contribution is -2.41. The average molecular weight is 451 g/mol. The van der Waals surface area contributed by atoms with E-state index in [1.165, 1.54) is 25.8 Å². The second-order valence-corrected chi connectivity index (χ2v) is 6.70. The summed E-state index contributed by atoms with van der Waals surface area (Å²) in [6, 6.07) is 1.12. The Morgan fingerprint density at radius 1 is 1.21 bits per heavy atom. The number of halogens is 1. The lowest BCUT2D eigenvalue weighted by molar-refractivity contribution is -0.119. The number of piperidine rings is 1. The summed E-state index contributed by atoms with van der Waals surface area (Å²) in [5.74, 6) is 0.761. The third-order valence-corrected chi connectivity index (χ3v) is 4.52. The molecule has 3 N–H and O–H groups in total. The van der Waals surface area contributed by atoms with Crippen molar-refractivity contribution in [1.82, 2.24) is 20.9 Å². The molecule has 7 heteroatoms. The number of nitrogens with zero attached hydrogens (tertiary/aromatic N) is 2. The highest BCUT2D eigenvalue weighted by Gasteiger charge is 2.22. The van der Waals surface area contributed by atoms with Gasteiger partial charge in [0.05, 0.1) is 0 Å². The van der Waals surface area contributed by atoms with E-state index in [0.717, 1.165) is 50.9 Å². The third-order valence-electron chi connectivity index (χ3n) is 4.52. The molecule has 6 nitrogen and oxygen atoms in total. The largest absolute Gasteiger partial charge is 0.357 e. The van der Waals surface area contributed by atoms with E-state index in [-0.39, 0.29) is 36.4 Å². The first-order valence-corrected chi connectivity index (χ1v) is 9.24. The molecule has 1 saturated carbocycles. The Morgan fingerprint density at radius 3 is 2.67 bits per heavy atom. The van der Waals surface area contributed by atoms with Gasteiger partial charge in [0.15, 0.2) is 5.96 Å². The molecule has 1 heterocycles. The molecule has 0 radical (unpaired) electrons. The van der Waals surface area contributed by atoms with Crippen LogP contribution in [0.4, 0.5) is 0 Å². The van der Waals surface area contributed by atoms with Gasteiger partial charge < -0.3 is 20.9 Å². The van der Waals surface area contributed by atoms with Crippen molar-refractivity contribution in [3.8, 4) is 0 Å². The van der Waals surface area contributed by atoms with Crippen LogP contribution in [-0.2, 0) is 4.79 Å². The van der Waals surface area contributed by atoms with Crippen molar-refractivity contribution < 1.29 is 4.79 Å². The van der Waals surface area contributed by atoms with Crippen molar-refractivity contribution in [3.05, 3.63) is 0 Å². The zero-order valence-electron chi connectivity index (χ0n) is 15.1. The number of carbonyl (C=O) groups is 1. The first kappa shape index (κ1) is 21.5. The molecule has 1 aliphatic heterocycles. The zero-order chi connectivity index (χ0) is 16.5. The fourth-order valence-electron chi connectivity index (χ4n) is 2.97. The number of aliphatic imine (C=N–C) groups is 1. The van der Waals surface area contributed by atoms with Crippen LogP contribution in [0.3, 0.4) is 0 Å². The minimum Gasteiger partial charge on any atom is -0.357 e. The van der Waals surface area contributed by atoms with Crippen LogP contribution in [0.2, 0.25) is 0 Å². The Hall–Kier alpha value is -0.570. The molecule has 1 amide bonds. The molecule has 1 aliphatic carbocycles. The summed E-state index contributed by atoms with van der Waals surface area (Å²) < 4.78 is 0. The smallest absolute Gasteiger partial charge is 0.242 e. The minimum atomic E-state index is 0. The van der Waals surface area contributed by atoms with Crippen LogP contribution >= 0.6 is 24.0 Å². The lowest BCUT2D eigenvalue weighted by Gasteiger charge is -2.33. The summed E-state index contributed by atoms with van der Waals surface area (Å²) in [4.78, 5) is 18.6. The summed E-state index contributed by atoms with van der Waals surface area (Å²) in [5.41, 5.74) is 0. The molecule has 0 aromatic rings. The van der Waals surface area contributed by atoms with Gasteiger partial charge in [0, 0.05) is 31.7 Å². The number of amides is 1. The quantitative estimate of drug-likeness (QED) is 0.228. The second kappa shape index (κ2) is 11.9. The molecule has 2 fully saturated rings. The SMILES string of the molecule is CCNC(=NCC(=O)NC1CC1)NCCCN1CCCCC1C.I. The molecule has 0 spiro atoms. The highest BCUT2D eigenvalue weighted by Crippen LogP contribution is 2.18. The predicted molar refractivity (Wildman–Crippen MR) is 110 cm³/mol. The topological polar surface area (TPSA) is 68.8 Å². The molecule has 2 aliphatic rings. The van der Waals surface area contributed by atoms with Crippen LogP contribution in [0, 0.1) is 0 Å². The van der Waals surface area contributed by atoms with Gasteiger partial charge in [-0.3, -0.25) is 4.79 Å². The van der Waals surface area contributed by atoms with Crippen LogP contribution in [-0.4, -0.2) is 61.6 Å². The monoisotopic (exact) mass is 451 g/mol. The highest BCUT2D eigenvalue weighted by molar-refractivity contribution is 14.0. The molecule has 1 atom stereocenters. The molecule has 0 aromatic heterocycles. The molecule has 1 saturated heterocycles. The number of carbonyl (C=O) groups excluding carboxylic acids is 1. The molecular formula is C17H34IN5O. The van der Waals surface area contributed by atoms with E-state index in [1.54, 1.807) is 0 Å². The predicted octanol–water partition coefficient (Wildman–Crippen LogP) is 1.70. The summed E-state index contributed by atoms with van der Waals surface area (Å²) in [7, 11) is 0. The number of hydrogen-bond donors (Lipinski definition) is 3. The summed E-state index contributed by atoms with van der Waals surface area (Å²) in [6.45, 7) is 8.63. The van der Waals surface area contributed by atoms with Gasteiger partial charge in [0.25, 0.3) is 0 Å². The van der Waals surface area contributed by atoms with E-state index in [4.69, 9.17) is 0 Å². The third kappa shape index (κ3) is 8.50. The molecule has 0 bridgehead atoms. The van der Waals surface area contributed by atoms with Gasteiger partial charge in [-0.25, -0.2) is 4.99 Å². The standard InChI is InChI=1S/C17H33N5O.HI/c1-3-18-17(20-13-16(23)21-15-8-9-15)19-10-6-12-22-11-5-4-7-14(22)2;/h14-15H,3-13H2,1-2H3,(H,21,23)(H2,18,19,20);1H. The molecule has 0 aromatic carbocycles. The van der Waals surface area contributed by atoms with E-state index in [1.807, 2.05) is 6.92 Å². The zero-order valence-corrected chi connectivity index (χ0v) is 17.5. The van der Waals surface area contributed by atoms with E-state index in [9.17, 15) is 4.79 Å². The Kier molecular flexibility index (Phi) is 10.6. The Balaban J connectivity index is 0.00000288. The maximum Gasteiger partial charge on any atom is 0.242 e. The fourth-order valence-corrected chi connectivity index (χ4v) is 2.97. The van der Waals surface area contributed by atoms with Gasteiger partial charge >= 0.3 is 0 Å². The highest BCUT2D eigenvalue weighted by atomic mass is 127. The van der Waals surface area contributed by atoms with Gasteiger partial charge in [0.1, 0.15) is 6.54 Å². The fraction of sp³-hybridized carbons (Fsp3) is 0.882. The summed E-state index contributed by atoms with van der Waals surface area (Å²) >= 11 is 0. The first-order chi connectivity index (χ1) is 11.2. The van der Waals surface area contributed by atoms with Crippen LogP contribution < -0.4 is 16.0 Å². The van der Waals surface area contributed by atoms with Crippen LogP contribution in [0.25, 0.3) is 0 Å². The second-order valence-electron chi connectivity index (χ2n) is 6.70. The number of guanidine groups is 1.